The molecular weight excluding hydrogens is 302 g/mol. The summed E-state index contributed by atoms with van der Waals surface area (Å²) in [5.41, 5.74) is 3.52. The summed E-state index contributed by atoms with van der Waals surface area (Å²) in [6.07, 6.45) is -0.731. The number of rotatable bonds is 6. The summed E-state index contributed by atoms with van der Waals surface area (Å²) in [6.45, 7) is 4.99. The van der Waals surface area contributed by atoms with Gasteiger partial charge in [0.15, 0.2) is 0 Å². The standard InChI is InChI=1S/C19H25N3O2/c1-4-22(3)17-12-8-7-11-16(17)21-19(24)20-13-18(23)15-10-6-5-9-14(15)2/h5-12,18,23H,4,13H2,1-3H3,(H2,20,21,24). The van der Waals surface area contributed by atoms with E-state index in [2.05, 4.69) is 22.5 Å². The topological polar surface area (TPSA) is 64.6 Å². The number of benzene rings is 2. The van der Waals surface area contributed by atoms with Crippen LogP contribution in [0.5, 0.6) is 0 Å². The fourth-order valence-corrected chi connectivity index (χ4v) is 2.51. The van der Waals surface area contributed by atoms with Crippen LogP contribution in [0, 0.1) is 6.92 Å². The number of hydrogen-bond donors (Lipinski definition) is 3. The van der Waals surface area contributed by atoms with Gasteiger partial charge < -0.3 is 20.6 Å². The van der Waals surface area contributed by atoms with Crippen molar-refractivity contribution < 1.29 is 9.90 Å². The molecule has 2 rings (SSSR count). The molecule has 24 heavy (non-hydrogen) atoms. The number of nitrogens with zero attached hydrogens (tertiary/aromatic N) is 1. The summed E-state index contributed by atoms with van der Waals surface area (Å²) >= 11 is 0. The first-order valence-electron chi connectivity index (χ1n) is 8.11. The Morgan fingerprint density at radius 3 is 2.54 bits per heavy atom. The first-order chi connectivity index (χ1) is 11.5. The molecule has 2 amide bonds. The van der Waals surface area contributed by atoms with Crippen LogP contribution in [-0.4, -0.2) is 31.3 Å². The number of hydrogen-bond acceptors (Lipinski definition) is 3. The van der Waals surface area contributed by atoms with Gasteiger partial charge in [-0.2, -0.15) is 0 Å². The summed E-state index contributed by atoms with van der Waals surface area (Å²) in [4.78, 5) is 14.2. The average Bonchev–Trinajstić information content (AvgIpc) is 2.60. The Labute approximate surface area is 143 Å². The Kier molecular flexibility index (Phi) is 6.21. The van der Waals surface area contributed by atoms with Crippen molar-refractivity contribution in [3.8, 4) is 0 Å². The molecule has 0 spiro atoms. The van der Waals surface area contributed by atoms with E-state index < -0.39 is 6.10 Å². The highest BCUT2D eigenvalue weighted by Crippen LogP contribution is 2.24. The van der Waals surface area contributed by atoms with E-state index in [1.165, 1.54) is 0 Å². The second-order valence-electron chi connectivity index (χ2n) is 5.74. The SMILES string of the molecule is CCN(C)c1ccccc1NC(=O)NCC(O)c1ccccc1C. The number of urea groups is 1. The molecule has 128 valence electrons. The Morgan fingerprint density at radius 2 is 1.83 bits per heavy atom. The predicted octanol–water partition coefficient (Wildman–Crippen LogP) is 3.31. The van der Waals surface area contributed by atoms with Gasteiger partial charge in [-0.1, -0.05) is 36.4 Å². The fourth-order valence-electron chi connectivity index (χ4n) is 2.51. The van der Waals surface area contributed by atoms with Gasteiger partial charge in [0, 0.05) is 20.1 Å². The molecule has 0 aliphatic carbocycles. The summed E-state index contributed by atoms with van der Waals surface area (Å²) in [5.74, 6) is 0. The van der Waals surface area contributed by atoms with Crippen molar-refractivity contribution in [3.05, 3.63) is 59.7 Å². The maximum atomic E-state index is 12.1. The van der Waals surface area contributed by atoms with Crippen LogP contribution < -0.4 is 15.5 Å². The van der Waals surface area contributed by atoms with E-state index in [0.717, 1.165) is 29.0 Å². The molecule has 0 fully saturated rings. The zero-order valence-electron chi connectivity index (χ0n) is 14.4. The van der Waals surface area contributed by atoms with Crippen molar-refractivity contribution in [1.82, 2.24) is 5.32 Å². The van der Waals surface area contributed by atoms with Gasteiger partial charge in [0.2, 0.25) is 0 Å². The molecule has 0 saturated carbocycles. The van der Waals surface area contributed by atoms with Crippen molar-refractivity contribution in [3.63, 3.8) is 0 Å². The molecule has 5 nitrogen and oxygen atoms in total. The van der Waals surface area contributed by atoms with Crippen LogP contribution in [0.4, 0.5) is 16.2 Å². The minimum Gasteiger partial charge on any atom is -0.387 e. The first kappa shape index (κ1) is 17.8. The quantitative estimate of drug-likeness (QED) is 0.763. The van der Waals surface area contributed by atoms with E-state index in [4.69, 9.17) is 0 Å². The third-order valence-electron chi connectivity index (χ3n) is 4.04. The minimum absolute atomic E-state index is 0.155. The van der Waals surface area contributed by atoms with Crippen LogP contribution in [0.1, 0.15) is 24.2 Å². The van der Waals surface area contributed by atoms with Crippen LogP contribution in [0.3, 0.4) is 0 Å². The van der Waals surface area contributed by atoms with Crippen LogP contribution in [0.25, 0.3) is 0 Å². The van der Waals surface area contributed by atoms with Crippen molar-refractivity contribution in [2.24, 2.45) is 0 Å². The molecule has 5 heteroatoms. The van der Waals surface area contributed by atoms with E-state index in [0.29, 0.717) is 0 Å². The molecule has 2 aromatic carbocycles. The average molecular weight is 327 g/mol. The van der Waals surface area contributed by atoms with E-state index >= 15 is 0 Å². The van der Waals surface area contributed by atoms with Gasteiger partial charge in [0.1, 0.15) is 0 Å². The molecule has 1 atom stereocenters. The van der Waals surface area contributed by atoms with Crippen LogP contribution in [0.2, 0.25) is 0 Å². The number of aryl methyl sites for hydroxylation is 1. The van der Waals surface area contributed by atoms with Crippen molar-refractivity contribution in [2.75, 3.05) is 30.4 Å². The number of aliphatic hydroxyl groups is 1. The molecule has 0 saturated heterocycles. The van der Waals surface area contributed by atoms with Gasteiger partial charge in [-0.15, -0.1) is 0 Å². The Balaban J connectivity index is 1.96. The zero-order chi connectivity index (χ0) is 17.5. The number of carbonyl (C=O) groups excluding carboxylic acids is 1. The molecule has 0 aromatic heterocycles. The molecule has 3 N–H and O–H groups in total. The maximum Gasteiger partial charge on any atom is 0.319 e. The smallest absolute Gasteiger partial charge is 0.319 e. The van der Waals surface area contributed by atoms with Crippen LogP contribution in [-0.2, 0) is 0 Å². The highest BCUT2D eigenvalue weighted by Gasteiger charge is 2.13. The lowest BCUT2D eigenvalue weighted by atomic mass is 10.0. The molecule has 1 unspecified atom stereocenters. The normalized spacial score (nSPS) is 11.7. The molecule has 0 radical (unpaired) electrons. The zero-order valence-corrected chi connectivity index (χ0v) is 14.4. The summed E-state index contributed by atoms with van der Waals surface area (Å²) in [7, 11) is 1.97. The van der Waals surface area contributed by atoms with Gasteiger partial charge in [-0.05, 0) is 37.1 Å². The second kappa shape index (κ2) is 8.36. The largest absolute Gasteiger partial charge is 0.387 e. The molecule has 0 aliphatic heterocycles. The van der Waals surface area contributed by atoms with Crippen molar-refractivity contribution in [2.45, 2.75) is 20.0 Å². The van der Waals surface area contributed by atoms with Gasteiger partial charge >= 0.3 is 6.03 Å². The fraction of sp³-hybridized carbons (Fsp3) is 0.316. The summed E-state index contributed by atoms with van der Waals surface area (Å²) < 4.78 is 0. The molecule has 2 aromatic rings. The lowest BCUT2D eigenvalue weighted by molar-refractivity contribution is 0.174. The monoisotopic (exact) mass is 327 g/mol. The second-order valence-corrected chi connectivity index (χ2v) is 5.74. The Hall–Kier alpha value is -2.53. The maximum absolute atomic E-state index is 12.1. The van der Waals surface area contributed by atoms with Gasteiger partial charge in [-0.25, -0.2) is 4.79 Å². The first-order valence-corrected chi connectivity index (χ1v) is 8.11. The number of para-hydroxylation sites is 2. The number of aliphatic hydroxyl groups excluding tert-OH is 1. The molecular formula is C19H25N3O2. The number of anilines is 2. The van der Waals surface area contributed by atoms with Crippen molar-refractivity contribution >= 4 is 17.4 Å². The minimum atomic E-state index is -0.731. The van der Waals surface area contributed by atoms with Crippen molar-refractivity contribution in [1.29, 1.82) is 0 Å². The van der Waals surface area contributed by atoms with Gasteiger partial charge in [0.25, 0.3) is 0 Å². The highest BCUT2D eigenvalue weighted by atomic mass is 16.3. The highest BCUT2D eigenvalue weighted by molar-refractivity contribution is 5.93. The van der Waals surface area contributed by atoms with Crippen LogP contribution in [0.15, 0.2) is 48.5 Å². The molecule has 0 bridgehead atoms. The summed E-state index contributed by atoms with van der Waals surface area (Å²) in [5, 5.41) is 15.8. The van der Waals surface area contributed by atoms with Crippen LogP contribution >= 0.6 is 0 Å². The summed E-state index contributed by atoms with van der Waals surface area (Å²) in [6, 6.07) is 14.9. The predicted molar refractivity (Wildman–Crippen MR) is 98.5 cm³/mol. The van der Waals surface area contributed by atoms with E-state index in [-0.39, 0.29) is 12.6 Å². The lowest BCUT2D eigenvalue weighted by Gasteiger charge is -2.21. The Bertz CT molecular complexity index is 688. The number of carbonyl (C=O) groups is 1. The molecule has 0 aliphatic rings. The third kappa shape index (κ3) is 4.49. The lowest BCUT2D eigenvalue weighted by Crippen LogP contribution is -2.33. The Morgan fingerprint density at radius 1 is 1.17 bits per heavy atom. The van der Waals surface area contributed by atoms with E-state index in [9.17, 15) is 9.90 Å². The number of amides is 2. The third-order valence-corrected chi connectivity index (χ3v) is 4.04. The van der Waals surface area contributed by atoms with E-state index in [1.807, 2.05) is 62.5 Å². The van der Waals surface area contributed by atoms with Gasteiger partial charge in [0.05, 0.1) is 17.5 Å². The molecule has 0 heterocycles. The van der Waals surface area contributed by atoms with E-state index in [1.54, 1.807) is 0 Å². The van der Waals surface area contributed by atoms with Gasteiger partial charge in [-0.3, -0.25) is 0 Å². The number of nitrogens with one attached hydrogen (secondary N) is 2.